The first kappa shape index (κ1) is 19.4. The summed E-state index contributed by atoms with van der Waals surface area (Å²) in [6, 6.07) is 12.1. The third kappa shape index (κ3) is 4.21. The maximum atomic E-state index is 12.7. The fourth-order valence-corrected chi connectivity index (χ4v) is 3.76. The van der Waals surface area contributed by atoms with Crippen molar-refractivity contribution >= 4 is 27.5 Å². The highest BCUT2D eigenvalue weighted by atomic mass is 35.5. The van der Waals surface area contributed by atoms with Crippen LogP contribution < -0.4 is 0 Å². The number of halogens is 1. The van der Waals surface area contributed by atoms with E-state index >= 15 is 0 Å². The monoisotopic (exact) mass is 380 g/mol. The zero-order valence-corrected chi connectivity index (χ0v) is 16.2. The lowest BCUT2D eigenvalue weighted by atomic mass is 10.1. The van der Waals surface area contributed by atoms with Crippen LogP contribution in [0.1, 0.15) is 21.5 Å². The van der Waals surface area contributed by atoms with Crippen LogP contribution in [0.25, 0.3) is 0 Å². The minimum atomic E-state index is -3.72. The first-order valence-electron chi connectivity index (χ1n) is 7.66. The first-order valence-corrected chi connectivity index (χ1v) is 9.48. The second kappa shape index (κ2) is 7.56. The van der Waals surface area contributed by atoms with Crippen molar-refractivity contribution in [3.63, 3.8) is 0 Å². The Labute approximate surface area is 153 Å². The van der Waals surface area contributed by atoms with Crippen LogP contribution in [0.3, 0.4) is 0 Å². The Hall–Kier alpha value is -1.89. The number of amides is 1. The van der Waals surface area contributed by atoms with Crippen LogP contribution in [-0.4, -0.2) is 44.7 Å². The maximum absolute atomic E-state index is 12.7. The van der Waals surface area contributed by atoms with Crippen LogP contribution in [0.15, 0.2) is 47.4 Å². The molecule has 0 saturated carbocycles. The van der Waals surface area contributed by atoms with Gasteiger partial charge in [-0.2, -0.15) is 0 Å². The van der Waals surface area contributed by atoms with Crippen LogP contribution in [0.4, 0.5) is 0 Å². The molecule has 0 heterocycles. The van der Waals surface area contributed by atoms with Gasteiger partial charge in [0.25, 0.3) is 5.91 Å². The molecule has 0 aliphatic heterocycles. The van der Waals surface area contributed by atoms with Gasteiger partial charge in [0.05, 0.1) is 5.02 Å². The van der Waals surface area contributed by atoms with Crippen molar-refractivity contribution in [2.45, 2.75) is 18.4 Å². The summed E-state index contributed by atoms with van der Waals surface area (Å²) in [5, 5.41) is 0.0896. The number of aryl methyl sites for hydroxylation is 1. The molecule has 7 heteroatoms. The average Bonchev–Trinajstić information content (AvgIpc) is 2.56. The molecule has 0 aliphatic rings. The molecule has 0 atom stereocenters. The van der Waals surface area contributed by atoms with Gasteiger partial charge in [-0.1, -0.05) is 35.9 Å². The van der Waals surface area contributed by atoms with Crippen molar-refractivity contribution < 1.29 is 13.2 Å². The van der Waals surface area contributed by atoms with Crippen LogP contribution in [0.5, 0.6) is 0 Å². The molecular weight excluding hydrogens is 360 g/mol. The molecule has 0 unspecified atom stereocenters. The van der Waals surface area contributed by atoms with Gasteiger partial charge in [0, 0.05) is 33.3 Å². The Bertz CT molecular complexity index is 895. The Kier molecular flexibility index (Phi) is 5.87. The van der Waals surface area contributed by atoms with E-state index < -0.39 is 10.0 Å². The van der Waals surface area contributed by atoms with Crippen molar-refractivity contribution in [3.8, 4) is 0 Å². The van der Waals surface area contributed by atoms with Crippen molar-refractivity contribution in [3.05, 3.63) is 64.2 Å². The number of rotatable bonds is 5. The number of hydrogen-bond donors (Lipinski definition) is 0. The summed E-state index contributed by atoms with van der Waals surface area (Å²) in [6.07, 6.45) is 0. The van der Waals surface area contributed by atoms with Crippen molar-refractivity contribution in [2.75, 3.05) is 21.1 Å². The fourth-order valence-electron chi connectivity index (χ4n) is 2.37. The van der Waals surface area contributed by atoms with Gasteiger partial charge in [-0.15, -0.1) is 0 Å². The summed E-state index contributed by atoms with van der Waals surface area (Å²) < 4.78 is 25.8. The second-order valence-corrected chi connectivity index (χ2v) is 8.55. The molecule has 134 valence electrons. The van der Waals surface area contributed by atoms with E-state index in [1.165, 1.54) is 32.3 Å². The minimum Gasteiger partial charge on any atom is -0.337 e. The van der Waals surface area contributed by atoms with Gasteiger partial charge in [-0.25, -0.2) is 12.7 Å². The van der Waals surface area contributed by atoms with Gasteiger partial charge in [-0.3, -0.25) is 4.79 Å². The van der Waals surface area contributed by atoms with Crippen molar-refractivity contribution in [1.29, 1.82) is 0 Å². The number of carbonyl (C=O) groups excluding carboxylic acids is 1. The summed E-state index contributed by atoms with van der Waals surface area (Å²) in [5.74, 6) is -0.268. The quantitative estimate of drug-likeness (QED) is 0.800. The largest absolute Gasteiger partial charge is 0.337 e. The molecule has 2 aromatic rings. The molecule has 0 saturated heterocycles. The predicted molar refractivity (Wildman–Crippen MR) is 99.3 cm³/mol. The highest BCUT2D eigenvalue weighted by Gasteiger charge is 2.23. The Morgan fingerprint density at radius 3 is 2.32 bits per heavy atom. The summed E-state index contributed by atoms with van der Waals surface area (Å²) in [6.45, 7) is 2.42. The van der Waals surface area contributed by atoms with Gasteiger partial charge < -0.3 is 4.90 Å². The lowest BCUT2D eigenvalue weighted by Gasteiger charge is -2.20. The second-order valence-electron chi connectivity index (χ2n) is 6.02. The average molecular weight is 381 g/mol. The molecule has 0 radical (unpaired) electrons. The van der Waals surface area contributed by atoms with Crippen LogP contribution in [0, 0.1) is 6.92 Å². The van der Waals surface area contributed by atoms with E-state index in [-0.39, 0.29) is 21.4 Å². The number of nitrogens with zero attached hydrogens (tertiary/aromatic N) is 2. The number of hydrogen-bond acceptors (Lipinski definition) is 3. The molecule has 0 aromatic heterocycles. The van der Waals surface area contributed by atoms with E-state index in [1.54, 1.807) is 11.9 Å². The lowest BCUT2D eigenvalue weighted by molar-refractivity contribution is 0.0784. The van der Waals surface area contributed by atoms with E-state index in [4.69, 9.17) is 11.6 Å². The number of sulfonamides is 1. The molecule has 0 fully saturated rings. The smallest absolute Gasteiger partial charge is 0.253 e. The Balaban J connectivity index is 2.32. The minimum absolute atomic E-state index is 0.0747. The molecule has 1 amide bonds. The van der Waals surface area contributed by atoms with E-state index in [9.17, 15) is 13.2 Å². The van der Waals surface area contributed by atoms with Crippen molar-refractivity contribution in [1.82, 2.24) is 9.21 Å². The molecule has 25 heavy (non-hydrogen) atoms. The summed E-state index contributed by atoms with van der Waals surface area (Å²) in [4.78, 5) is 14.2. The summed E-state index contributed by atoms with van der Waals surface area (Å²) in [7, 11) is 0.802. The van der Waals surface area contributed by atoms with E-state index in [1.807, 2.05) is 31.2 Å². The maximum Gasteiger partial charge on any atom is 0.253 e. The molecule has 2 aromatic carbocycles. The van der Waals surface area contributed by atoms with Crippen LogP contribution in [-0.2, 0) is 16.6 Å². The van der Waals surface area contributed by atoms with Gasteiger partial charge in [0.1, 0.15) is 4.90 Å². The molecule has 0 aliphatic carbocycles. The van der Waals surface area contributed by atoms with Gasteiger partial charge in [-0.05, 0) is 36.2 Å². The van der Waals surface area contributed by atoms with Gasteiger partial charge in [0.15, 0.2) is 0 Å². The fraction of sp³-hybridized carbons (Fsp3) is 0.278. The SMILES string of the molecule is Cc1ccccc1CN(C)C(=O)c1ccc(Cl)c(S(=O)(=O)N(C)C)c1. The highest BCUT2D eigenvalue weighted by molar-refractivity contribution is 7.89. The molecule has 2 rings (SSSR count). The number of carbonyl (C=O) groups is 1. The van der Waals surface area contributed by atoms with Gasteiger partial charge >= 0.3 is 0 Å². The molecular formula is C18H21ClN2O3S. The van der Waals surface area contributed by atoms with Crippen LogP contribution >= 0.6 is 11.6 Å². The van der Waals surface area contributed by atoms with Crippen LogP contribution in [0.2, 0.25) is 5.02 Å². The molecule has 0 N–H and O–H groups in total. The summed E-state index contributed by atoms with van der Waals surface area (Å²) >= 11 is 6.03. The topological polar surface area (TPSA) is 57.7 Å². The zero-order valence-electron chi connectivity index (χ0n) is 14.7. The highest BCUT2D eigenvalue weighted by Crippen LogP contribution is 2.25. The van der Waals surface area contributed by atoms with Crippen molar-refractivity contribution in [2.24, 2.45) is 0 Å². The van der Waals surface area contributed by atoms with E-state index in [2.05, 4.69) is 0 Å². The number of benzene rings is 2. The first-order chi connectivity index (χ1) is 11.6. The van der Waals surface area contributed by atoms with E-state index in [0.29, 0.717) is 6.54 Å². The normalized spacial score (nSPS) is 11.6. The molecule has 5 nitrogen and oxygen atoms in total. The lowest BCUT2D eigenvalue weighted by Crippen LogP contribution is -2.27. The zero-order chi connectivity index (χ0) is 18.8. The summed E-state index contributed by atoms with van der Waals surface area (Å²) in [5.41, 5.74) is 2.41. The Morgan fingerprint density at radius 2 is 1.72 bits per heavy atom. The van der Waals surface area contributed by atoms with E-state index in [0.717, 1.165) is 15.4 Å². The Morgan fingerprint density at radius 1 is 1.08 bits per heavy atom. The predicted octanol–water partition coefficient (Wildman–Crippen LogP) is 3.17. The van der Waals surface area contributed by atoms with Gasteiger partial charge in [0.2, 0.25) is 10.0 Å². The molecule has 0 bridgehead atoms. The third-order valence-electron chi connectivity index (χ3n) is 3.95. The third-order valence-corrected chi connectivity index (χ3v) is 6.25. The molecule has 0 spiro atoms. The standard InChI is InChI=1S/C18H21ClN2O3S/c1-13-7-5-6-8-15(13)12-21(4)18(22)14-9-10-16(19)17(11-14)25(23,24)20(2)3/h5-11H,12H2,1-4H3.